The van der Waals surface area contributed by atoms with Gasteiger partial charge in [-0.1, -0.05) is 26.0 Å². The molecule has 4 aliphatic rings. The number of aliphatic hydroxyl groups is 1. The second-order valence-electron chi connectivity index (χ2n) is 18.6. The number of aromatic nitrogens is 2. The molecule has 4 amide bonds. The molecule has 15 nitrogen and oxygen atoms in total. The molecule has 1 aromatic heterocycles. The van der Waals surface area contributed by atoms with Gasteiger partial charge in [0, 0.05) is 25.7 Å². The maximum absolute atomic E-state index is 15.0. The Bertz CT molecular complexity index is 1960. The van der Waals surface area contributed by atoms with Crippen LogP contribution in [0.1, 0.15) is 111 Å². The molecule has 332 valence electrons. The van der Waals surface area contributed by atoms with Gasteiger partial charge in [-0.15, -0.1) is 0 Å². The zero-order chi connectivity index (χ0) is 44.2. The first-order chi connectivity index (χ1) is 29.1. The highest BCUT2D eigenvalue weighted by Gasteiger charge is 2.48. The van der Waals surface area contributed by atoms with Crippen LogP contribution in [0.3, 0.4) is 0 Å². The third-order valence-corrected chi connectivity index (χ3v) is 14.2. The van der Waals surface area contributed by atoms with E-state index in [0.29, 0.717) is 62.6 Å². The van der Waals surface area contributed by atoms with Crippen LogP contribution in [0.2, 0.25) is 0 Å². The van der Waals surface area contributed by atoms with Crippen molar-refractivity contribution in [1.82, 2.24) is 30.4 Å². The van der Waals surface area contributed by atoms with Crippen molar-refractivity contribution >= 4 is 23.6 Å². The van der Waals surface area contributed by atoms with E-state index >= 15 is 0 Å². The summed E-state index contributed by atoms with van der Waals surface area (Å²) in [7, 11) is 1.54. The summed E-state index contributed by atoms with van der Waals surface area (Å²) in [6.07, 6.45) is 5.86. The van der Waals surface area contributed by atoms with Gasteiger partial charge in [-0.25, -0.2) is 9.97 Å². The number of rotatable bonds is 11. The molecule has 6 unspecified atom stereocenters. The molecule has 2 saturated carbocycles. The summed E-state index contributed by atoms with van der Waals surface area (Å²) in [5.41, 5.74) is 16.7. The summed E-state index contributed by atoms with van der Waals surface area (Å²) in [6, 6.07) is 5.17. The molecule has 3 fully saturated rings. The normalized spacial score (nSPS) is 28.2. The number of benzene rings is 1. The smallest absolute Gasteiger partial charge is 0.255 e. The van der Waals surface area contributed by atoms with Crippen LogP contribution in [0.4, 0.5) is 0 Å². The zero-order valence-electron chi connectivity index (χ0n) is 36.9. The van der Waals surface area contributed by atoms with E-state index in [0.717, 1.165) is 37.7 Å². The third kappa shape index (κ3) is 9.93. The van der Waals surface area contributed by atoms with E-state index in [4.69, 9.17) is 26.2 Å². The molecule has 1 saturated heterocycles. The Morgan fingerprint density at radius 1 is 1.08 bits per heavy atom. The number of nitrogens with two attached hydrogens (primary N) is 2. The molecular formula is C46H67N9O6. The average Bonchev–Trinajstić information content (AvgIpc) is 3.54. The van der Waals surface area contributed by atoms with E-state index in [2.05, 4.69) is 42.7 Å². The van der Waals surface area contributed by atoms with Gasteiger partial charge in [-0.2, -0.15) is 5.26 Å². The van der Waals surface area contributed by atoms with E-state index in [9.17, 15) is 29.5 Å². The minimum Gasteiger partial charge on any atom is -0.393 e. The van der Waals surface area contributed by atoms with E-state index in [1.54, 1.807) is 27.8 Å². The first-order valence-electron chi connectivity index (χ1n) is 22.3. The monoisotopic (exact) mass is 842 g/mol. The Morgan fingerprint density at radius 2 is 1.82 bits per heavy atom. The number of carbonyl (C=O) groups is 4. The van der Waals surface area contributed by atoms with Gasteiger partial charge >= 0.3 is 0 Å². The number of nitrogens with one attached hydrogen (secondary N) is 2. The van der Waals surface area contributed by atoms with Gasteiger partial charge < -0.3 is 41.7 Å². The fourth-order valence-corrected chi connectivity index (χ4v) is 10.8. The van der Waals surface area contributed by atoms with Gasteiger partial charge in [0.1, 0.15) is 24.7 Å². The van der Waals surface area contributed by atoms with Crippen LogP contribution in [0, 0.1) is 48.9 Å². The maximum atomic E-state index is 15.0. The van der Waals surface area contributed by atoms with Crippen molar-refractivity contribution in [3.05, 3.63) is 46.3 Å². The summed E-state index contributed by atoms with van der Waals surface area (Å²) in [5.74, 6) is -1.85. The van der Waals surface area contributed by atoms with E-state index in [-0.39, 0.29) is 60.3 Å². The minimum absolute atomic E-state index is 0.0653. The van der Waals surface area contributed by atoms with Crippen molar-refractivity contribution < 1.29 is 29.0 Å². The molecule has 6 rings (SSSR count). The molecule has 2 heterocycles. The number of hydrogen-bond acceptors (Lipinski definition) is 11. The number of fused-ring (bicyclic) bond motifs is 6. The molecular weight excluding hydrogens is 775 g/mol. The second-order valence-corrected chi connectivity index (χ2v) is 18.6. The Kier molecular flexibility index (Phi) is 14.9. The van der Waals surface area contributed by atoms with Gasteiger partial charge in [0.2, 0.25) is 17.7 Å². The molecule has 1 aromatic carbocycles. The number of aliphatic hydroxyl groups excluding tert-OH is 1. The van der Waals surface area contributed by atoms with E-state index in [1.807, 2.05) is 6.07 Å². The Morgan fingerprint density at radius 3 is 2.51 bits per heavy atom. The molecule has 9 atom stereocenters. The molecule has 2 aromatic rings. The third-order valence-electron chi connectivity index (χ3n) is 14.2. The van der Waals surface area contributed by atoms with Crippen LogP contribution in [0.5, 0.6) is 0 Å². The van der Waals surface area contributed by atoms with E-state index in [1.165, 1.54) is 20.9 Å². The molecule has 4 bridgehead atoms. The van der Waals surface area contributed by atoms with Crippen LogP contribution >= 0.6 is 0 Å². The lowest BCUT2D eigenvalue weighted by Gasteiger charge is -2.48. The quantitative estimate of drug-likeness (QED) is 0.207. The summed E-state index contributed by atoms with van der Waals surface area (Å²) < 4.78 is 6.34. The molecule has 7 N–H and O–H groups in total. The number of aryl methyl sites for hydroxylation is 3. The van der Waals surface area contributed by atoms with Crippen molar-refractivity contribution in [3.8, 4) is 17.5 Å². The van der Waals surface area contributed by atoms with Crippen molar-refractivity contribution in [3.63, 3.8) is 0 Å². The first-order valence-corrected chi connectivity index (χ1v) is 22.3. The number of likely N-dealkylation sites (N-methyl/N-ethyl adjacent to an activating group) is 1. The topological polar surface area (TPSA) is 230 Å². The summed E-state index contributed by atoms with van der Waals surface area (Å²) in [4.78, 5) is 69.6. The lowest BCUT2D eigenvalue weighted by molar-refractivity contribution is -0.153. The molecule has 3 aliphatic carbocycles. The highest BCUT2D eigenvalue weighted by molar-refractivity contribution is 6.00. The van der Waals surface area contributed by atoms with Crippen LogP contribution in [0.25, 0.3) is 11.4 Å². The number of amides is 4. The van der Waals surface area contributed by atoms with Crippen LogP contribution in [-0.4, -0.2) is 119 Å². The van der Waals surface area contributed by atoms with Gasteiger partial charge in [0.15, 0.2) is 5.82 Å². The minimum atomic E-state index is -1.12. The SMILES string of the molecule is Cc1nc(-c2ccc3c(c2)CCC3(C)C)nc(C)c1C(=O)N[C@@H](CCN)C(=O)N(C)[C@@H]1C(=O)N(CC#N)[C@@H](C)C(=O)NCCC2CCC(O)C(C2)C2CC1CCC2OCCN. The summed E-state index contributed by atoms with van der Waals surface area (Å²) in [6.45, 7) is 10.4. The van der Waals surface area contributed by atoms with Gasteiger partial charge in [0.05, 0.1) is 41.8 Å². The van der Waals surface area contributed by atoms with E-state index < -0.39 is 47.9 Å². The highest BCUT2D eigenvalue weighted by Crippen LogP contribution is 2.46. The highest BCUT2D eigenvalue weighted by atomic mass is 16.5. The van der Waals surface area contributed by atoms with Gasteiger partial charge in [-0.05, 0) is 138 Å². The Balaban J connectivity index is 1.31. The number of nitrogens with zero attached hydrogens (tertiary/aromatic N) is 5. The lowest BCUT2D eigenvalue weighted by atomic mass is 9.64. The first kappa shape index (κ1) is 46.0. The van der Waals surface area contributed by atoms with Crippen molar-refractivity contribution in [2.45, 2.75) is 135 Å². The fourth-order valence-electron chi connectivity index (χ4n) is 10.8. The van der Waals surface area contributed by atoms with Gasteiger partial charge in [0.25, 0.3) is 5.91 Å². The predicted octanol–water partition coefficient (Wildman–Crippen LogP) is 3.06. The number of hydrogen-bond donors (Lipinski definition) is 5. The van der Waals surface area contributed by atoms with Crippen LogP contribution < -0.4 is 22.1 Å². The summed E-state index contributed by atoms with van der Waals surface area (Å²) >= 11 is 0. The number of nitriles is 1. The largest absolute Gasteiger partial charge is 0.393 e. The van der Waals surface area contributed by atoms with Gasteiger partial charge in [-0.3, -0.25) is 19.2 Å². The Hall–Kier alpha value is -4.49. The molecule has 0 spiro atoms. The Labute approximate surface area is 360 Å². The molecule has 61 heavy (non-hydrogen) atoms. The molecule has 1 aliphatic heterocycles. The molecule has 0 radical (unpaired) electrons. The van der Waals surface area contributed by atoms with Crippen molar-refractivity contribution in [2.75, 3.05) is 39.8 Å². The lowest BCUT2D eigenvalue weighted by Crippen LogP contribution is -2.61. The van der Waals surface area contributed by atoms with Crippen LogP contribution in [-0.2, 0) is 31.0 Å². The van der Waals surface area contributed by atoms with Crippen molar-refractivity contribution in [1.29, 1.82) is 5.26 Å². The molecule has 15 heteroatoms. The summed E-state index contributed by atoms with van der Waals surface area (Å²) in [5, 5.41) is 27.3. The maximum Gasteiger partial charge on any atom is 0.255 e. The number of ether oxygens (including phenoxy) is 1. The average molecular weight is 842 g/mol. The zero-order valence-corrected chi connectivity index (χ0v) is 36.9. The second kappa shape index (κ2) is 19.7. The predicted molar refractivity (Wildman–Crippen MR) is 231 cm³/mol. The standard InChI is InChI=1S/C46H67N9O6/c1-26-39(27(2)52-41(51-26)32-8-10-35-30(24-32)13-16-46(35,4)5)43(58)53-36(14-17-47)44(59)54(6)40-31-9-12-38(61-22-19-49)34(25-31)33-23-29(7-11-37(33)56)15-20-50-42(57)28(3)55(21-18-48)45(40)60/h8,10,24,28-29,31,33-34,36-38,40,56H,7,9,11-17,19-23,25,47,49H2,1-6H3,(H,50,57)(H,53,58)/t28-,29?,31?,33?,34?,36-,37?,38?,40-/m0/s1. The number of carbonyl (C=O) groups excluding carboxylic acids is 4. The van der Waals surface area contributed by atoms with Crippen LogP contribution in [0.15, 0.2) is 18.2 Å². The van der Waals surface area contributed by atoms with Crippen molar-refractivity contribution in [2.24, 2.45) is 35.1 Å². The fraction of sp³-hybridized carbons (Fsp3) is 0.674.